The lowest BCUT2D eigenvalue weighted by Gasteiger charge is -2.14. The van der Waals surface area contributed by atoms with E-state index in [4.69, 9.17) is 0 Å². The van der Waals surface area contributed by atoms with Crippen LogP contribution in [0.1, 0.15) is 26.3 Å². The summed E-state index contributed by atoms with van der Waals surface area (Å²) in [5.41, 5.74) is 6.33. The van der Waals surface area contributed by atoms with Crippen LogP contribution in [0.25, 0.3) is 38.6 Å². The summed E-state index contributed by atoms with van der Waals surface area (Å²) in [5.74, 6) is -0.663. The summed E-state index contributed by atoms with van der Waals surface area (Å²) >= 11 is 0. The van der Waals surface area contributed by atoms with Crippen molar-refractivity contribution in [2.24, 2.45) is 0 Å². The third-order valence-electron chi connectivity index (χ3n) is 7.15. The molecule has 0 spiro atoms. The molecule has 0 bridgehead atoms. The quantitative estimate of drug-likeness (QED) is 0.249. The van der Waals surface area contributed by atoms with Crippen LogP contribution in [0.5, 0.6) is 0 Å². The van der Waals surface area contributed by atoms with E-state index in [1.54, 1.807) is 24.3 Å². The van der Waals surface area contributed by atoms with E-state index in [0.717, 1.165) is 32.9 Å². The van der Waals surface area contributed by atoms with Gasteiger partial charge < -0.3 is 4.57 Å². The zero-order valence-electron chi connectivity index (χ0n) is 20.1. The molecule has 6 aromatic rings. The van der Waals surface area contributed by atoms with E-state index >= 15 is 0 Å². The lowest BCUT2D eigenvalue weighted by atomic mass is 10.0. The molecule has 5 heteroatoms. The molecule has 38 heavy (non-hydrogen) atoms. The van der Waals surface area contributed by atoms with E-state index in [9.17, 15) is 14.9 Å². The molecule has 1 aliphatic rings. The number of para-hydroxylation sites is 2. The van der Waals surface area contributed by atoms with Crippen LogP contribution in [-0.2, 0) is 0 Å². The van der Waals surface area contributed by atoms with E-state index in [0.29, 0.717) is 28.1 Å². The molecule has 0 saturated heterocycles. The Hall–Kier alpha value is -5.47. The minimum atomic E-state index is -0.337. The highest BCUT2D eigenvalue weighted by Crippen LogP contribution is 2.38. The second-order valence-corrected chi connectivity index (χ2v) is 9.26. The van der Waals surface area contributed by atoms with Gasteiger partial charge in [-0.1, -0.05) is 66.7 Å². The van der Waals surface area contributed by atoms with Crippen LogP contribution in [0.2, 0.25) is 0 Å². The minimum Gasteiger partial charge on any atom is -0.308 e. The van der Waals surface area contributed by atoms with E-state index in [2.05, 4.69) is 34.9 Å². The molecule has 5 nitrogen and oxygen atoms in total. The highest BCUT2D eigenvalue weighted by molar-refractivity contribution is 6.35. The van der Waals surface area contributed by atoms with Crippen molar-refractivity contribution in [1.29, 1.82) is 5.26 Å². The molecule has 0 fully saturated rings. The average molecular weight is 490 g/mol. The van der Waals surface area contributed by atoms with Crippen molar-refractivity contribution in [1.82, 2.24) is 4.57 Å². The second kappa shape index (κ2) is 8.29. The minimum absolute atomic E-state index is 0.326. The van der Waals surface area contributed by atoms with Crippen molar-refractivity contribution >= 4 is 39.3 Å². The number of imide groups is 1. The molecule has 1 aliphatic heterocycles. The molecule has 0 radical (unpaired) electrons. The molecular weight excluding hydrogens is 470 g/mol. The number of nitriles is 1. The molecule has 178 valence electrons. The van der Waals surface area contributed by atoms with E-state index < -0.39 is 0 Å². The largest absolute Gasteiger partial charge is 0.308 e. The van der Waals surface area contributed by atoms with Gasteiger partial charge in [0.05, 0.1) is 45.2 Å². The maximum atomic E-state index is 13.8. The number of anilines is 1. The lowest BCUT2D eigenvalue weighted by Crippen LogP contribution is -2.29. The molecule has 0 saturated carbocycles. The zero-order chi connectivity index (χ0) is 25.8. The Morgan fingerprint density at radius 3 is 2.18 bits per heavy atom. The normalized spacial score (nSPS) is 12.8. The number of hydrogen-bond donors (Lipinski definition) is 0. The van der Waals surface area contributed by atoms with Crippen LogP contribution in [0, 0.1) is 11.3 Å². The fourth-order valence-electron chi connectivity index (χ4n) is 5.44. The number of benzene rings is 5. The SMILES string of the molecule is N#Cc1cccc(-c2ccc3c4ccccc4n(-c4cccc5c4C(=O)N(c4ccccc4)C5=O)c3c2)c1. The van der Waals surface area contributed by atoms with Crippen molar-refractivity contribution in [3.05, 3.63) is 132 Å². The van der Waals surface area contributed by atoms with Crippen LogP contribution in [-0.4, -0.2) is 16.4 Å². The van der Waals surface area contributed by atoms with Crippen molar-refractivity contribution in [3.63, 3.8) is 0 Å². The van der Waals surface area contributed by atoms with Gasteiger partial charge in [-0.25, -0.2) is 4.90 Å². The van der Waals surface area contributed by atoms with Gasteiger partial charge in [-0.3, -0.25) is 9.59 Å². The Morgan fingerprint density at radius 1 is 0.605 bits per heavy atom. The van der Waals surface area contributed by atoms with Gasteiger partial charge in [-0.2, -0.15) is 5.26 Å². The number of hydrogen-bond acceptors (Lipinski definition) is 3. The summed E-state index contributed by atoms with van der Waals surface area (Å²) in [5, 5.41) is 11.5. The Morgan fingerprint density at radius 2 is 1.34 bits per heavy atom. The molecule has 1 aromatic heterocycles. The van der Waals surface area contributed by atoms with Crippen LogP contribution in [0.15, 0.2) is 115 Å². The highest BCUT2D eigenvalue weighted by atomic mass is 16.2. The van der Waals surface area contributed by atoms with Gasteiger partial charge in [0.15, 0.2) is 0 Å². The molecule has 0 N–H and O–H groups in total. The molecule has 5 aromatic carbocycles. The summed E-state index contributed by atoms with van der Waals surface area (Å²) in [4.78, 5) is 28.5. The van der Waals surface area contributed by atoms with Gasteiger partial charge in [0.25, 0.3) is 11.8 Å². The monoisotopic (exact) mass is 489 g/mol. The molecular formula is C33H19N3O2. The summed E-state index contributed by atoms with van der Waals surface area (Å²) in [6, 6.07) is 38.5. The van der Waals surface area contributed by atoms with E-state index in [1.807, 2.05) is 66.7 Å². The smallest absolute Gasteiger partial charge is 0.268 e. The first-order valence-electron chi connectivity index (χ1n) is 12.3. The van der Waals surface area contributed by atoms with Gasteiger partial charge in [0.1, 0.15) is 0 Å². The number of carbonyl (C=O) groups is 2. The Balaban J connectivity index is 1.50. The summed E-state index contributed by atoms with van der Waals surface area (Å²) in [6.45, 7) is 0. The van der Waals surface area contributed by atoms with Crippen molar-refractivity contribution < 1.29 is 9.59 Å². The highest BCUT2D eigenvalue weighted by Gasteiger charge is 2.39. The first-order valence-corrected chi connectivity index (χ1v) is 12.3. The van der Waals surface area contributed by atoms with Crippen molar-refractivity contribution in [3.8, 4) is 22.9 Å². The van der Waals surface area contributed by atoms with Gasteiger partial charge in [0.2, 0.25) is 0 Å². The molecule has 7 rings (SSSR count). The van der Waals surface area contributed by atoms with Gasteiger partial charge in [-0.15, -0.1) is 0 Å². The number of nitrogens with zero attached hydrogens (tertiary/aromatic N) is 3. The summed E-state index contributed by atoms with van der Waals surface area (Å²) < 4.78 is 2.07. The first-order chi connectivity index (χ1) is 18.7. The van der Waals surface area contributed by atoms with Gasteiger partial charge >= 0.3 is 0 Å². The number of fused-ring (bicyclic) bond motifs is 4. The maximum Gasteiger partial charge on any atom is 0.268 e. The predicted octanol–water partition coefficient (Wildman–Crippen LogP) is 7.12. The zero-order valence-corrected chi connectivity index (χ0v) is 20.1. The summed E-state index contributed by atoms with van der Waals surface area (Å²) in [7, 11) is 0. The molecule has 0 unspecified atom stereocenters. The van der Waals surface area contributed by atoms with E-state index in [-0.39, 0.29) is 11.8 Å². The molecule has 0 atom stereocenters. The Kier molecular flexibility index (Phi) is 4.75. The van der Waals surface area contributed by atoms with Gasteiger partial charge in [0, 0.05) is 10.8 Å². The topological polar surface area (TPSA) is 66.1 Å². The standard InChI is InChI=1S/C33H19N3O2/c34-20-21-8-6-9-22(18-21)23-16-17-26-25-12-4-5-14-28(25)36(30(26)19-23)29-15-7-13-27-31(29)33(38)35(32(27)37)24-10-2-1-3-11-24/h1-19H. The van der Waals surface area contributed by atoms with Crippen LogP contribution in [0.3, 0.4) is 0 Å². The van der Waals surface area contributed by atoms with Crippen molar-refractivity contribution in [2.45, 2.75) is 0 Å². The Bertz CT molecular complexity index is 1980. The number of aromatic nitrogens is 1. The predicted molar refractivity (Wildman–Crippen MR) is 149 cm³/mol. The number of rotatable bonds is 3. The fraction of sp³-hybridized carbons (Fsp3) is 0. The fourth-order valence-corrected chi connectivity index (χ4v) is 5.44. The third-order valence-corrected chi connectivity index (χ3v) is 7.15. The average Bonchev–Trinajstić information content (AvgIpc) is 3.44. The molecule has 2 heterocycles. The number of carbonyl (C=O) groups excluding carboxylic acids is 2. The van der Waals surface area contributed by atoms with Crippen molar-refractivity contribution in [2.75, 3.05) is 4.90 Å². The van der Waals surface area contributed by atoms with Crippen LogP contribution in [0.4, 0.5) is 5.69 Å². The van der Waals surface area contributed by atoms with Crippen LogP contribution < -0.4 is 4.90 Å². The maximum absolute atomic E-state index is 13.8. The van der Waals surface area contributed by atoms with Gasteiger partial charge in [-0.05, 0) is 59.7 Å². The lowest BCUT2D eigenvalue weighted by molar-refractivity contribution is 0.0926. The molecule has 0 aliphatic carbocycles. The van der Waals surface area contributed by atoms with Crippen LogP contribution >= 0.6 is 0 Å². The second-order valence-electron chi connectivity index (χ2n) is 9.26. The van der Waals surface area contributed by atoms with E-state index in [1.165, 1.54) is 4.90 Å². The first kappa shape index (κ1) is 21.8. The molecule has 2 amide bonds. The number of amides is 2. The third kappa shape index (κ3) is 3.11. The summed E-state index contributed by atoms with van der Waals surface area (Å²) in [6.07, 6.45) is 0. The Labute approximate surface area is 218 Å².